The number of pyridine rings is 1. The molecule has 0 saturated carbocycles. The van der Waals surface area contributed by atoms with Crippen LogP contribution in [0.2, 0.25) is 0 Å². The first kappa shape index (κ1) is 31.5. The van der Waals surface area contributed by atoms with Gasteiger partial charge in [0.2, 0.25) is 0 Å². The number of aromatic nitrogens is 4. The van der Waals surface area contributed by atoms with E-state index in [4.69, 9.17) is 23.4 Å². The average molecular weight is 1050 g/mol. The van der Waals surface area contributed by atoms with Gasteiger partial charge in [-0.25, -0.2) is 4.98 Å². The summed E-state index contributed by atoms with van der Waals surface area (Å²) in [6, 6.07) is 41.6. The second-order valence-electron chi connectivity index (χ2n) is 16.2. The third-order valence-electron chi connectivity index (χ3n) is 11.9. The van der Waals surface area contributed by atoms with Crippen LogP contribution in [0, 0.1) is 31.3 Å². The molecule has 5 nitrogen and oxygen atoms in total. The molecular formula is C60H46N4OPt-2. The van der Waals surface area contributed by atoms with Gasteiger partial charge in [-0.2, -0.15) is 18.2 Å². The van der Waals surface area contributed by atoms with Gasteiger partial charge in [-0.3, -0.25) is 4.57 Å². The van der Waals surface area contributed by atoms with E-state index in [1.54, 1.807) is 39.6 Å². The maximum Gasteiger partial charge on any atom is 0.268 e. The molecule has 11 rings (SSSR count). The molecular weight excluding hydrogens is 988 g/mol. The summed E-state index contributed by atoms with van der Waals surface area (Å²) in [4.78, 5) is 4.85. The van der Waals surface area contributed by atoms with Crippen LogP contribution in [0.3, 0.4) is 0 Å². The van der Waals surface area contributed by atoms with Gasteiger partial charge in [-0.05, 0) is 92.5 Å². The van der Waals surface area contributed by atoms with Crippen molar-refractivity contribution < 1.29 is 45.4 Å². The van der Waals surface area contributed by atoms with Crippen LogP contribution in [0.1, 0.15) is 52.9 Å². The van der Waals surface area contributed by atoms with Gasteiger partial charge < -0.3 is 13.9 Å². The zero-order chi connectivity index (χ0) is 53.6. The first-order valence-corrected chi connectivity index (χ1v) is 21.3. The van der Waals surface area contributed by atoms with Crippen LogP contribution in [0.25, 0.3) is 83.4 Å². The molecule has 3 aromatic heterocycles. The summed E-state index contributed by atoms with van der Waals surface area (Å²) in [7, 11) is 0. The number of ether oxygens (including phenoxy) is 1. The van der Waals surface area contributed by atoms with E-state index < -0.39 is 66.3 Å². The molecule has 0 aliphatic rings. The second-order valence-corrected chi connectivity index (χ2v) is 16.2. The summed E-state index contributed by atoms with van der Waals surface area (Å²) in [6.45, 7) is 7.87. The van der Waals surface area contributed by atoms with E-state index in [1.165, 1.54) is 0 Å². The van der Waals surface area contributed by atoms with Crippen molar-refractivity contribution in [3.05, 3.63) is 224 Å². The van der Waals surface area contributed by atoms with Crippen LogP contribution >= 0.6 is 0 Å². The Morgan fingerprint density at radius 3 is 2.06 bits per heavy atom. The quantitative estimate of drug-likeness (QED) is 0.101. The molecule has 66 heavy (non-hydrogen) atoms. The van der Waals surface area contributed by atoms with Crippen molar-refractivity contribution in [1.29, 1.82) is 0 Å². The molecule has 8 aromatic carbocycles. The maximum absolute atomic E-state index is 9.26. The van der Waals surface area contributed by atoms with Crippen molar-refractivity contribution in [2.45, 2.75) is 33.6 Å². The first-order chi connectivity index (χ1) is 36.4. The molecule has 11 aromatic rings. The van der Waals surface area contributed by atoms with Gasteiger partial charge in [0.1, 0.15) is 5.82 Å². The normalized spacial score (nSPS) is 14.7. The summed E-state index contributed by atoms with van der Waals surface area (Å²) in [5.41, 5.74) is 7.11. The summed E-state index contributed by atoms with van der Waals surface area (Å²) in [6.07, 6.45) is 5.19. The molecule has 0 bridgehead atoms. The SMILES string of the molecule is [2H]c1c([2H])c([2H])c(-c2cccc(-c3c([2H])c([2H])c([2H])c([2H])c3[2H])c2-[n+]2[c-]n(-c3[c-]c(Oc4[c-]c5c(cc4)c4cc(-c6ccccc6)ccc4n5-c4cc(C([2H])(C)C(C)C)ccn4)ccc3)c3cccc(C)c32)c([2H])c1[2H].[Pt]. The van der Waals surface area contributed by atoms with Gasteiger partial charge in [0, 0.05) is 45.6 Å². The van der Waals surface area contributed by atoms with Crippen LogP contribution in [0.4, 0.5) is 0 Å². The van der Waals surface area contributed by atoms with Crippen LogP contribution in [-0.2, 0) is 21.1 Å². The predicted molar refractivity (Wildman–Crippen MR) is 264 cm³/mol. The number of fused-ring (bicyclic) bond motifs is 4. The Hall–Kier alpha value is -7.33. The van der Waals surface area contributed by atoms with E-state index in [9.17, 15) is 1.37 Å². The summed E-state index contributed by atoms with van der Waals surface area (Å²) in [5.74, 6) is 0.507. The van der Waals surface area contributed by atoms with Crippen LogP contribution in [0.5, 0.6) is 11.5 Å². The Bertz CT molecular complexity index is 4050. The fourth-order valence-electron chi connectivity index (χ4n) is 8.52. The Morgan fingerprint density at radius 2 is 1.33 bits per heavy atom. The van der Waals surface area contributed by atoms with E-state index in [0.717, 1.165) is 38.5 Å². The third-order valence-corrected chi connectivity index (χ3v) is 11.9. The maximum atomic E-state index is 9.26. The molecule has 0 saturated heterocycles. The minimum absolute atomic E-state index is 0. The van der Waals surface area contributed by atoms with E-state index in [1.807, 2.05) is 100 Å². The van der Waals surface area contributed by atoms with Crippen molar-refractivity contribution >= 4 is 32.8 Å². The largest absolute Gasteiger partial charge is 0.510 e. The predicted octanol–water partition coefficient (Wildman–Crippen LogP) is 14.7. The Morgan fingerprint density at radius 1 is 0.636 bits per heavy atom. The van der Waals surface area contributed by atoms with Gasteiger partial charge in [-0.15, -0.1) is 29.7 Å². The van der Waals surface area contributed by atoms with Crippen LogP contribution in [0.15, 0.2) is 194 Å². The minimum Gasteiger partial charge on any atom is -0.510 e. The fourth-order valence-corrected chi connectivity index (χ4v) is 8.52. The topological polar surface area (TPSA) is 35.9 Å². The van der Waals surface area contributed by atoms with Crippen molar-refractivity contribution in [2.75, 3.05) is 0 Å². The Kier molecular flexibility index (Phi) is 8.56. The second kappa shape index (κ2) is 17.9. The fraction of sp³-hybridized carbons (Fsp3) is 0.100. The molecule has 1 unspecified atom stereocenters. The molecule has 0 aliphatic heterocycles. The number of imidazole rings is 1. The van der Waals surface area contributed by atoms with Crippen molar-refractivity contribution in [1.82, 2.24) is 14.1 Å². The molecule has 0 radical (unpaired) electrons. The number of nitrogens with zero attached hydrogens (tertiary/aromatic N) is 4. The molecule has 324 valence electrons. The van der Waals surface area contributed by atoms with Gasteiger partial charge in [0.15, 0.2) is 0 Å². The van der Waals surface area contributed by atoms with Gasteiger partial charge in [0.25, 0.3) is 6.33 Å². The van der Waals surface area contributed by atoms with Crippen LogP contribution < -0.4 is 9.30 Å². The van der Waals surface area contributed by atoms with Crippen molar-refractivity contribution in [2.24, 2.45) is 5.92 Å². The van der Waals surface area contributed by atoms with Crippen molar-refractivity contribution in [3.63, 3.8) is 0 Å². The molecule has 1 atom stereocenters. The smallest absolute Gasteiger partial charge is 0.268 e. The summed E-state index contributed by atoms with van der Waals surface area (Å²) >= 11 is 0. The average Bonchev–Trinajstić information content (AvgIpc) is 4.05. The molecule has 0 amide bonds. The Labute approximate surface area is 416 Å². The Balaban J connectivity index is 0.00000672. The summed E-state index contributed by atoms with van der Waals surface area (Å²) < 4.78 is 109. The molecule has 0 spiro atoms. The molecule has 0 N–H and O–H groups in total. The third kappa shape index (κ3) is 7.74. The molecule has 6 heteroatoms. The number of para-hydroxylation sites is 2. The van der Waals surface area contributed by atoms with Gasteiger partial charge in [0.05, 0.1) is 30.4 Å². The number of hydrogen-bond acceptors (Lipinski definition) is 2. The van der Waals surface area contributed by atoms with E-state index in [-0.39, 0.29) is 54.9 Å². The van der Waals surface area contributed by atoms with Crippen molar-refractivity contribution in [3.8, 4) is 62.1 Å². The first-order valence-electron chi connectivity index (χ1n) is 26.8. The van der Waals surface area contributed by atoms with E-state index in [2.05, 4.69) is 53.4 Å². The van der Waals surface area contributed by atoms with Gasteiger partial charge >= 0.3 is 0 Å². The minimum atomic E-state index is -0.878. The van der Waals surface area contributed by atoms with Crippen LogP contribution in [-0.4, -0.2) is 14.1 Å². The summed E-state index contributed by atoms with van der Waals surface area (Å²) in [5, 5.41) is 1.90. The number of rotatable bonds is 10. The van der Waals surface area contributed by atoms with E-state index in [0.29, 0.717) is 39.6 Å². The number of hydrogen-bond donors (Lipinski definition) is 0. The van der Waals surface area contributed by atoms with E-state index >= 15 is 0 Å². The zero-order valence-corrected chi connectivity index (χ0v) is 38.6. The monoisotopic (exact) mass is 1040 g/mol. The number of aryl methyl sites for hydroxylation is 1. The molecule has 0 fully saturated rings. The zero-order valence-electron chi connectivity index (χ0n) is 47.3. The molecule has 3 heterocycles. The molecule has 0 aliphatic carbocycles. The standard InChI is InChI=1S/C60H46N4O.Pt/c1-40(2)42(4)46-33-34-61-58(36-46)64-55-32-29-47(43-18-8-5-9-19-43)35-54(55)53-31-30-50(38-57(53)64)65-49-25-15-24-48(37-49)62-39-63(59-41(3)17-14-28-56(59)62)60-51(44-20-10-6-11-21-44)26-16-27-52(60)45-22-12-7-13-23-45;/h5-36,40,42H,1-4H3;/q-2;/i6D,7D,10D,11D,12D,13D,20D,21D,22D,23D,42D;. The number of benzene rings is 8. The van der Waals surface area contributed by atoms with Gasteiger partial charge in [-0.1, -0.05) is 166 Å².